The van der Waals surface area contributed by atoms with Gasteiger partial charge in [-0.3, -0.25) is 5.43 Å². The van der Waals surface area contributed by atoms with Crippen molar-refractivity contribution in [2.45, 2.75) is 11.9 Å². The molecule has 1 unspecified atom stereocenters. The lowest BCUT2D eigenvalue weighted by molar-refractivity contribution is 0.576. The minimum atomic E-state index is -0.202. The van der Waals surface area contributed by atoms with Crippen molar-refractivity contribution in [3.05, 3.63) is 64.2 Å². The van der Waals surface area contributed by atoms with Crippen LogP contribution in [0.5, 0.6) is 0 Å². The molecule has 25 heavy (non-hydrogen) atoms. The van der Waals surface area contributed by atoms with E-state index in [2.05, 4.69) is 21.9 Å². The zero-order valence-electron chi connectivity index (χ0n) is 14.0. The number of thioether (sulfide) groups is 1. The third-order valence-electron chi connectivity index (χ3n) is 3.82. The number of amidine groups is 1. The average Bonchev–Trinajstić information content (AvgIpc) is 3.09. The summed E-state index contributed by atoms with van der Waals surface area (Å²) in [5.74, 6) is 0.777. The highest BCUT2D eigenvalue weighted by atomic mass is 35.5. The molecule has 2 N–H and O–H groups in total. The van der Waals surface area contributed by atoms with Crippen molar-refractivity contribution < 1.29 is 0 Å². The Labute approximate surface area is 156 Å². The molecular formula is C18H18ClN5S. The SMILES string of the molecule is CN(C)c1ccc(C2N=C(SCc3ccc(C#N)cc3)NN2)c(Cl)c1. The number of nitriles is 1. The summed E-state index contributed by atoms with van der Waals surface area (Å²) in [6, 6.07) is 15.7. The predicted molar refractivity (Wildman–Crippen MR) is 105 cm³/mol. The molecule has 2 aromatic carbocycles. The fourth-order valence-electron chi connectivity index (χ4n) is 2.38. The monoisotopic (exact) mass is 371 g/mol. The summed E-state index contributed by atoms with van der Waals surface area (Å²) in [6.45, 7) is 0. The molecule has 0 saturated carbocycles. The van der Waals surface area contributed by atoms with E-state index in [1.807, 2.05) is 61.5 Å². The highest BCUT2D eigenvalue weighted by Crippen LogP contribution is 2.30. The number of hydrogen-bond acceptors (Lipinski definition) is 6. The number of hydrogen-bond donors (Lipinski definition) is 2. The molecular weight excluding hydrogens is 354 g/mol. The minimum absolute atomic E-state index is 0.202. The van der Waals surface area contributed by atoms with Gasteiger partial charge in [0.25, 0.3) is 0 Å². The van der Waals surface area contributed by atoms with E-state index in [4.69, 9.17) is 16.9 Å². The van der Waals surface area contributed by atoms with Crippen molar-refractivity contribution >= 4 is 34.2 Å². The molecule has 1 atom stereocenters. The second-order valence-electron chi connectivity index (χ2n) is 5.80. The van der Waals surface area contributed by atoms with Gasteiger partial charge >= 0.3 is 0 Å². The molecule has 0 spiro atoms. The molecule has 128 valence electrons. The largest absolute Gasteiger partial charge is 0.378 e. The first-order valence-electron chi connectivity index (χ1n) is 7.75. The summed E-state index contributed by atoms with van der Waals surface area (Å²) >= 11 is 8.01. The number of nitrogens with one attached hydrogen (secondary N) is 2. The molecule has 1 heterocycles. The van der Waals surface area contributed by atoms with Crippen molar-refractivity contribution in [1.29, 1.82) is 5.26 Å². The average molecular weight is 372 g/mol. The number of aliphatic imine (C=N–C) groups is 1. The van der Waals surface area contributed by atoms with Crippen LogP contribution in [0, 0.1) is 11.3 Å². The highest BCUT2D eigenvalue weighted by molar-refractivity contribution is 8.13. The highest BCUT2D eigenvalue weighted by Gasteiger charge is 2.20. The van der Waals surface area contributed by atoms with Gasteiger partial charge in [-0.05, 0) is 29.8 Å². The van der Waals surface area contributed by atoms with Crippen LogP contribution >= 0.6 is 23.4 Å². The maximum atomic E-state index is 8.83. The fourth-order valence-corrected chi connectivity index (χ4v) is 3.46. The Bertz CT molecular complexity index is 826. The maximum Gasteiger partial charge on any atom is 0.173 e. The number of nitrogens with zero attached hydrogens (tertiary/aromatic N) is 3. The van der Waals surface area contributed by atoms with Gasteiger partial charge in [0.1, 0.15) is 6.17 Å². The molecule has 0 bridgehead atoms. The summed E-state index contributed by atoms with van der Waals surface area (Å²) in [5, 5.41) is 10.3. The predicted octanol–water partition coefficient (Wildman–Crippen LogP) is 3.67. The molecule has 0 aliphatic carbocycles. The standard InChI is InChI=1S/C18H18ClN5S/c1-24(2)14-7-8-15(16(19)9-14)17-21-18(23-22-17)25-11-13-5-3-12(10-20)4-6-13/h3-9,17,22H,11H2,1-2H3,(H,21,23). The molecule has 1 aliphatic heterocycles. The summed E-state index contributed by atoms with van der Waals surface area (Å²) in [5.41, 5.74) is 10.1. The molecule has 1 aliphatic rings. The zero-order valence-corrected chi connectivity index (χ0v) is 15.5. The van der Waals surface area contributed by atoms with Crippen LogP contribution in [0.2, 0.25) is 5.02 Å². The van der Waals surface area contributed by atoms with Crippen molar-refractivity contribution in [3.8, 4) is 6.07 Å². The van der Waals surface area contributed by atoms with Crippen molar-refractivity contribution in [2.24, 2.45) is 4.99 Å². The molecule has 0 fully saturated rings. The molecule has 0 radical (unpaired) electrons. The smallest absolute Gasteiger partial charge is 0.173 e. The Balaban J connectivity index is 1.65. The quantitative estimate of drug-likeness (QED) is 0.858. The molecule has 0 aromatic heterocycles. The van der Waals surface area contributed by atoms with E-state index < -0.39 is 0 Å². The Morgan fingerprint density at radius 2 is 2.00 bits per heavy atom. The van der Waals surface area contributed by atoms with E-state index in [0.29, 0.717) is 10.6 Å². The lowest BCUT2D eigenvalue weighted by atomic mass is 10.1. The van der Waals surface area contributed by atoms with Crippen LogP contribution in [0.1, 0.15) is 22.9 Å². The topological polar surface area (TPSA) is 63.5 Å². The number of benzene rings is 2. The van der Waals surface area contributed by atoms with Gasteiger partial charge in [0.05, 0.1) is 11.6 Å². The molecule has 5 nitrogen and oxygen atoms in total. The van der Waals surface area contributed by atoms with Crippen LogP contribution in [0.25, 0.3) is 0 Å². The zero-order chi connectivity index (χ0) is 17.8. The van der Waals surface area contributed by atoms with Crippen LogP contribution in [0.3, 0.4) is 0 Å². The van der Waals surface area contributed by atoms with Gasteiger partial charge in [-0.15, -0.1) is 0 Å². The third kappa shape index (κ3) is 4.26. The van der Waals surface area contributed by atoms with Gasteiger partial charge < -0.3 is 4.90 Å². The molecule has 7 heteroatoms. The third-order valence-corrected chi connectivity index (χ3v) is 5.10. The second-order valence-corrected chi connectivity index (χ2v) is 7.18. The normalized spacial score (nSPS) is 16.1. The van der Waals surface area contributed by atoms with E-state index in [-0.39, 0.29) is 6.17 Å². The van der Waals surface area contributed by atoms with E-state index in [9.17, 15) is 0 Å². The van der Waals surface area contributed by atoms with Gasteiger partial charge in [0.15, 0.2) is 5.17 Å². The Hall–Kier alpha value is -2.20. The lowest BCUT2D eigenvalue weighted by Gasteiger charge is -2.15. The summed E-state index contributed by atoms with van der Waals surface area (Å²) < 4.78 is 0. The van der Waals surface area contributed by atoms with Crippen LogP contribution in [0.15, 0.2) is 47.5 Å². The molecule has 2 aromatic rings. The van der Waals surface area contributed by atoms with Gasteiger partial charge in [-0.25, -0.2) is 10.4 Å². The van der Waals surface area contributed by atoms with Crippen LogP contribution in [-0.2, 0) is 5.75 Å². The van der Waals surface area contributed by atoms with Gasteiger partial charge in [0, 0.05) is 36.1 Å². The van der Waals surface area contributed by atoms with Crippen LogP contribution in [-0.4, -0.2) is 19.3 Å². The van der Waals surface area contributed by atoms with Crippen LogP contribution < -0.4 is 15.8 Å². The van der Waals surface area contributed by atoms with Crippen LogP contribution in [0.4, 0.5) is 5.69 Å². The van der Waals surface area contributed by atoms with Gasteiger partial charge in [0.2, 0.25) is 0 Å². The molecule has 3 rings (SSSR count). The van der Waals surface area contributed by atoms with Crippen molar-refractivity contribution in [2.75, 3.05) is 19.0 Å². The summed E-state index contributed by atoms with van der Waals surface area (Å²) in [4.78, 5) is 6.66. The second kappa shape index (κ2) is 7.79. The minimum Gasteiger partial charge on any atom is -0.378 e. The van der Waals surface area contributed by atoms with Crippen molar-refractivity contribution in [1.82, 2.24) is 10.9 Å². The van der Waals surface area contributed by atoms with E-state index in [0.717, 1.165) is 27.7 Å². The van der Waals surface area contributed by atoms with E-state index in [1.165, 1.54) is 0 Å². The number of hydrazine groups is 1. The summed E-state index contributed by atoms with van der Waals surface area (Å²) in [6.07, 6.45) is -0.202. The van der Waals surface area contributed by atoms with E-state index >= 15 is 0 Å². The summed E-state index contributed by atoms with van der Waals surface area (Å²) in [7, 11) is 3.97. The first-order chi connectivity index (χ1) is 12.1. The fraction of sp³-hybridized carbons (Fsp3) is 0.222. The first kappa shape index (κ1) is 17.6. The Kier molecular flexibility index (Phi) is 5.49. The molecule has 0 amide bonds. The number of rotatable bonds is 4. The molecule has 0 saturated heterocycles. The van der Waals surface area contributed by atoms with Gasteiger partial charge in [-0.1, -0.05) is 41.6 Å². The number of halogens is 1. The first-order valence-corrected chi connectivity index (χ1v) is 9.11. The Morgan fingerprint density at radius 3 is 2.64 bits per heavy atom. The lowest BCUT2D eigenvalue weighted by Crippen LogP contribution is -2.30. The maximum absolute atomic E-state index is 8.83. The Morgan fingerprint density at radius 1 is 1.24 bits per heavy atom. The number of anilines is 1. The van der Waals surface area contributed by atoms with Crippen molar-refractivity contribution in [3.63, 3.8) is 0 Å². The van der Waals surface area contributed by atoms with E-state index in [1.54, 1.807) is 11.8 Å². The van der Waals surface area contributed by atoms with Gasteiger partial charge in [-0.2, -0.15) is 5.26 Å².